The molecule has 0 aromatic rings. The molecular formula is C8H9NO2. The van der Waals surface area contributed by atoms with E-state index in [1.54, 1.807) is 29.5 Å². The lowest BCUT2D eigenvalue weighted by Gasteiger charge is -2.15. The minimum absolute atomic E-state index is 0.336. The summed E-state index contributed by atoms with van der Waals surface area (Å²) in [6, 6.07) is 0. The standard InChI is InChI=1S/C8H9NO2/c1-2-9-5-3-7(4-6-9)8(10)11/h2-5H,1,6H2,(H,10,11). The van der Waals surface area contributed by atoms with Crippen LogP contribution in [0.2, 0.25) is 0 Å². The Morgan fingerprint density at radius 2 is 2.55 bits per heavy atom. The maximum atomic E-state index is 10.4. The number of carbonyl (C=O) groups is 1. The van der Waals surface area contributed by atoms with E-state index in [0.29, 0.717) is 12.1 Å². The zero-order valence-corrected chi connectivity index (χ0v) is 6.03. The van der Waals surface area contributed by atoms with E-state index in [-0.39, 0.29) is 0 Å². The molecular weight excluding hydrogens is 142 g/mol. The average molecular weight is 151 g/mol. The molecule has 11 heavy (non-hydrogen) atoms. The fourth-order valence-electron chi connectivity index (χ4n) is 0.803. The summed E-state index contributed by atoms with van der Waals surface area (Å²) in [7, 11) is 0. The van der Waals surface area contributed by atoms with Crippen LogP contribution in [0.5, 0.6) is 0 Å². The quantitative estimate of drug-likeness (QED) is 0.639. The highest BCUT2D eigenvalue weighted by Crippen LogP contribution is 2.06. The van der Waals surface area contributed by atoms with Gasteiger partial charge in [-0.25, -0.2) is 4.79 Å². The number of nitrogens with zero attached hydrogens (tertiary/aromatic N) is 1. The van der Waals surface area contributed by atoms with Gasteiger partial charge in [0, 0.05) is 12.7 Å². The van der Waals surface area contributed by atoms with Gasteiger partial charge < -0.3 is 10.0 Å². The first kappa shape index (κ1) is 7.60. The molecule has 0 amide bonds. The molecule has 1 heterocycles. The summed E-state index contributed by atoms with van der Waals surface area (Å²) in [5, 5.41) is 8.53. The van der Waals surface area contributed by atoms with E-state index < -0.39 is 5.97 Å². The Kier molecular flexibility index (Phi) is 2.11. The maximum Gasteiger partial charge on any atom is 0.335 e. The van der Waals surface area contributed by atoms with Gasteiger partial charge in [-0.1, -0.05) is 12.7 Å². The van der Waals surface area contributed by atoms with Gasteiger partial charge in [0.2, 0.25) is 0 Å². The molecule has 0 unspecified atom stereocenters. The summed E-state index contributed by atoms with van der Waals surface area (Å²) in [6.07, 6.45) is 6.53. The number of rotatable bonds is 2. The number of carboxylic acids is 1. The van der Waals surface area contributed by atoms with Gasteiger partial charge in [-0.15, -0.1) is 0 Å². The van der Waals surface area contributed by atoms with Gasteiger partial charge in [0.25, 0.3) is 0 Å². The molecule has 0 spiro atoms. The zero-order chi connectivity index (χ0) is 8.27. The van der Waals surface area contributed by atoms with Gasteiger partial charge in [-0.3, -0.25) is 0 Å². The minimum atomic E-state index is -0.884. The Morgan fingerprint density at radius 1 is 1.82 bits per heavy atom. The van der Waals surface area contributed by atoms with Gasteiger partial charge in [0.15, 0.2) is 0 Å². The summed E-state index contributed by atoms with van der Waals surface area (Å²) in [4.78, 5) is 12.2. The van der Waals surface area contributed by atoms with Crippen molar-refractivity contribution in [3.63, 3.8) is 0 Å². The lowest BCUT2D eigenvalue weighted by atomic mass is 10.2. The lowest BCUT2D eigenvalue weighted by molar-refractivity contribution is -0.132. The fourth-order valence-corrected chi connectivity index (χ4v) is 0.803. The van der Waals surface area contributed by atoms with Crippen LogP contribution in [0, 0.1) is 0 Å². The summed E-state index contributed by atoms with van der Waals surface area (Å²) in [6.45, 7) is 4.14. The second-order valence-electron chi connectivity index (χ2n) is 2.16. The molecule has 3 heteroatoms. The van der Waals surface area contributed by atoms with Crippen LogP contribution in [0.4, 0.5) is 0 Å². The third-order valence-electron chi connectivity index (χ3n) is 1.45. The Labute approximate surface area is 64.9 Å². The second kappa shape index (κ2) is 3.05. The van der Waals surface area contributed by atoms with Crippen molar-refractivity contribution in [1.82, 2.24) is 4.90 Å². The van der Waals surface area contributed by atoms with Crippen molar-refractivity contribution in [2.24, 2.45) is 0 Å². The van der Waals surface area contributed by atoms with Crippen LogP contribution >= 0.6 is 0 Å². The first-order chi connectivity index (χ1) is 5.24. The highest BCUT2D eigenvalue weighted by molar-refractivity contribution is 5.90. The molecule has 0 fully saturated rings. The molecule has 0 aliphatic carbocycles. The van der Waals surface area contributed by atoms with Gasteiger partial charge in [-0.05, 0) is 12.3 Å². The van der Waals surface area contributed by atoms with Gasteiger partial charge in [0.1, 0.15) is 0 Å². The van der Waals surface area contributed by atoms with Crippen LogP contribution in [0.1, 0.15) is 0 Å². The summed E-state index contributed by atoms with van der Waals surface area (Å²) < 4.78 is 0. The molecule has 0 saturated carbocycles. The molecule has 1 rings (SSSR count). The van der Waals surface area contributed by atoms with Crippen LogP contribution in [0.25, 0.3) is 0 Å². The van der Waals surface area contributed by atoms with Crippen LogP contribution < -0.4 is 0 Å². The maximum absolute atomic E-state index is 10.4. The largest absolute Gasteiger partial charge is 0.478 e. The van der Waals surface area contributed by atoms with E-state index >= 15 is 0 Å². The molecule has 0 aromatic heterocycles. The van der Waals surface area contributed by atoms with Crippen molar-refractivity contribution in [2.75, 3.05) is 6.54 Å². The molecule has 1 N–H and O–H groups in total. The summed E-state index contributed by atoms with van der Waals surface area (Å²) >= 11 is 0. The Bertz CT molecular complexity index is 240. The third-order valence-corrected chi connectivity index (χ3v) is 1.45. The molecule has 0 aromatic carbocycles. The van der Waals surface area contributed by atoms with Crippen molar-refractivity contribution >= 4 is 5.97 Å². The number of carboxylic acid groups (broad SMARTS) is 1. The van der Waals surface area contributed by atoms with E-state index in [4.69, 9.17) is 5.11 Å². The number of aliphatic carboxylic acids is 1. The molecule has 3 nitrogen and oxygen atoms in total. The lowest BCUT2D eigenvalue weighted by Crippen LogP contribution is -2.14. The van der Waals surface area contributed by atoms with Crippen LogP contribution in [0.3, 0.4) is 0 Å². The highest BCUT2D eigenvalue weighted by Gasteiger charge is 2.06. The third kappa shape index (κ3) is 1.70. The first-order valence-electron chi connectivity index (χ1n) is 3.24. The molecule has 0 radical (unpaired) electrons. The van der Waals surface area contributed by atoms with Crippen molar-refractivity contribution in [2.45, 2.75) is 0 Å². The van der Waals surface area contributed by atoms with E-state index in [1.807, 2.05) is 0 Å². The van der Waals surface area contributed by atoms with Gasteiger partial charge in [0.05, 0.1) is 5.57 Å². The molecule has 0 bridgehead atoms. The van der Waals surface area contributed by atoms with E-state index in [2.05, 4.69) is 6.58 Å². The normalized spacial score (nSPS) is 16.0. The Morgan fingerprint density at radius 3 is 2.91 bits per heavy atom. The summed E-state index contributed by atoms with van der Waals surface area (Å²) in [5.74, 6) is -0.884. The second-order valence-corrected chi connectivity index (χ2v) is 2.16. The Balaban J connectivity index is 2.66. The predicted octanol–water partition coefficient (Wildman–Crippen LogP) is 0.970. The fraction of sp³-hybridized carbons (Fsp3) is 0.125. The van der Waals surface area contributed by atoms with Crippen molar-refractivity contribution in [1.29, 1.82) is 0 Å². The number of hydrogen-bond donors (Lipinski definition) is 1. The van der Waals surface area contributed by atoms with E-state index in [1.165, 1.54) is 0 Å². The monoisotopic (exact) mass is 151 g/mol. The average Bonchev–Trinajstić information content (AvgIpc) is 2.05. The van der Waals surface area contributed by atoms with Gasteiger partial charge >= 0.3 is 5.97 Å². The SMILES string of the molecule is C=CN1C=CC(C(=O)O)=CC1. The van der Waals surface area contributed by atoms with Crippen molar-refractivity contribution in [3.8, 4) is 0 Å². The highest BCUT2D eigenvalue weighted by atomic mass is 16.4. The smallest absolute Gasteiger partial charge is 0.335 e. The first-order valence-corrected chi connectivity index (χ1v) is 3.24. The zero-order valence-electron chi connectivity index (χ0n) is 6.03. The van der Waals surface area contributed by atoms with Crippen molar-refractivity contribution < 1.29 is 9.90 Å². The van der Waals surface area contributed by atoms with Gasteiger partial charge in [-0.2, -0.15) is 0 Å². The topological polar surface area (TPSA) is 40.5 Å². The van der Waals surface area contributed by atoms with Crippen molar-refractivity contribution in [3.05, 3.63) is 36.7 Å². The number of hydrogen-bond acceptors (Lipinski definition) is 2. The van der Waals surface area contributed by atoms with Crippen LogP contribution in [-0.2, 0) is 4.79 Å². The van der Waals surface area contributed by atoms with E-state index in [0.717, 1.165) is 0 Å². The van der Waals surface area contributed by atoms with E-state index in [9.17, 15) is 4.79 Å². The molecule has 58 valence electrons. The molecule has 0 atom stereocenters. The Hall–Kier alpha value is -1.51. The van der Waals surface area contributed by atoms with Crippen LogP contribution in [0.15, 0.2) is 36.7 Å². The molecule has 1 aliphatic rings. The summed E-state index contributed by atoms with van der Waals surface area (Å²) in [5.41, 5.74) is 0.336. The minimum Gasteiger partial charge on any atom is -0.478 e. The predicted molar refractivity (Wildman–Crippen MR) is 41.8 cm³/mol. The molecule has 0 saturated heterocycles. The van der Waals surface area contributed by atoms with Crippen LogP contribution in [-0.4, -0.2) is 22.5 Å². The molecule has 1 aliphatic heterocycles.